The number of hydrogen-bond acceptors (Lipinski definition) is 3. The van der Waals surface area contributed by atoms with E-state index >= 15 is 0 Å². The SMILES string of the molecule is Cc1cccc(C=O)c1-c1ccc2ncncc2c1. The normalized spacial score (nSPS) is 10.6. The van der Waals surface area contributed by atoms with Gasteiger partial charge in [-0.1, -0.05) is 24.3 Å². The standard InChI is InChI=1S/C16H12N2O/c1-11-3-2-4-13(9-19)16(11)12-5-6-15-14(7-12)8-17-10-18-15/h2-10H,1H3. The van der Waals surface area contributed by atoms with E-state index in [-0.39, 0.29) is 0 Å². The van der Waals surface area contributed by atoms with E-state index in [0.29, 0.717) is 5.56 Å². The molecule has 0 aliphatic heterocycles. The third-order valence-corrected chi connectivity index (χ3v) is 3.23. The summed E-state index contributed by atoms with van der Waals surface area (Å²) in [4.78, 5) is 19.4. The zero-order chi connectivity index (χ0) is 13.2. The molecule has 0 spiro atoms. The molecule has 2 aromatic carbocycles. The first-order valence-corrected chi connectivity index (χ1v) is 6.04. The van der Waals surface area contributed by atoms with E-state index < -0.39 is 0 Å². The molecule has 3 rings (SSSR count). The van der Waals surface area contributed by atoms with Gasteiger partial charge in [-0.2, -0.15) is 0 Å². The summed E-state index contributed by atoms with van der Waals surface area (Å²) in [6.07, 6.45) is 4.21. The van der Waals surface area contributed by atoms with Crippen LogP contribution < -0.4 is 0 Å². The molecule has 3 heteroatoms. The van der Waals surface area contributed by atoms with Crippen LogP contribution in [-0.2, 0) is 0 Å². The van der Waals surface area contributed by atoms with Crippen molar-refractivity contribution in [2.75, 3.05) is 0 Å². The molecule has 3 aromatic rings. The smallest absolute Gasteiger partial charge is 0.150 e. The maximum atomic E-state index is 11.2. The lowest BCUT2D eigenvalue weighted by molar-refractivity contribution is 0.112. The van der Waals surface area contributed by atoms with Gasteiger partial charge in [0.25, 0.3) is 0 Å². The Balaban J connectivity index is 2.27. The zero-order valence-corrected chi connectivity index (χ0v) is 10.5. The summed E-state index contributed by atoms with van der Waals surface area (Å²) < 4.78 is 0. The highest BCUT2D eigenvalue weighted by Crippen LogP contribution is 2.28. The van der Waals surface area contributed by atoms with Crippen molar-refractivity contribution in [1.82, 2.24) is 9.97 Å². The number of carbonyl (C=O) groups is 1. The van der Waals surface area contributed by atoms with Crippen LogP contribution in [0.2, 0.25) is 0 Å². The Bertz CT molecular complexity index is 766. The lowest BCUT2D eigenvalue weighted by Gasteiger charge is -2.09. The van der Waals surface area contributed by atoms with Crippen LogP contribution in [0.5, 0.6) is 0 Å². The van der Waals surface area contributed by atoms with Gasteiger partial charge in [-0.05, 0) is 35.7 Å². The van der Waals surface area contributed by atoms with Gasteiger partial charge in [-0.25, -0.2) is 9.97 Å². The second kappa shape index (κ2) is 4.61. The van der Waals surface area contributed by atoms with Gasteiger partial charge in [0.15, 0.2) is 6.29 Å². The summed E-state index contributed by atoms with van der Waals surface area (Å²) in [5, 5.41) is 0.972. The minimum Gasteiger partial charge on any atom is -0.298 e. The van der Waals surface area contributed by atoms with Crippen LogP contribution in [0.3, 0.4) is 0 Å². The minimum atomic E-state index is 0.705. The second-order valence-corrected chi connectivity index (χ2v) is 4.45. The molecule has 0 N–H and O–H groups in total. The Morgan fingerprint density at radius 3 is 2.89 bits per heavy atom. The molecule has 0 radical (unpaired) electrons. The van der Waals surface area contributed by atoms with E-state index in [1.165, 1.54) is 6.33 Å². The van der Waals surface area contributed by atoms with Gasteiger partial charge in [0.2, 0.25) is 0 Å². The lowest BCUT2D eigenvalue weighted by atomic mass is 9.95. The summed E-state index contributed by atoms with van der Waals surface area (Å²) in [6, 6.07) is 11.7. The molecule has 0 unspecified atom stereocenters. The Morgan fingerprint density at radius 1 is 1.16 bits per heavy atom. The van der Waals surface area contributed by atoms with Crippen LogP contribution in [0.15, 0.2) is 48.9 Å². The van der Waals surface area contributed by atoms with E-state index in [2.05, 4.69) is 9.97 Å². The quantitative estimate of drug-likeness (QED) is 0.653. The van der Waals surface area contributed by atoms with Crippen molar-refractivity contribution in [3.05, 3.63) is 60.0 Å². The van der Waals surface area contributed by atoms with Crippen LogP contribution in [0.1, 0.15) is 15.9 Å². The number of aryl methyl sites for hydroxylation is 1. The van der Waals surface area contributed by atoms with Gasteiger partial charge in [0.1, 0.15) is 6.33 Å². The summed E-state index contributed by atoms with van der Waals surface area (Å²) in [7, 11) is 0. The highest BCUT2D eigenvalue weighted by molar-refractivity contribution is 5.92. The molecule has 19 heavy (non-hydrogen) atoms. The average Bonchev–Trinajstić information content (AvgIpc) is 2.46. The maximum absolute atomic E-state index is 11.2. The number of rotatable bonds is 2. The fourth-order valence-corrected chi connectivity index (χ4v) is 2.32. The average molecular weight is 248 g/mol. The number of fused-ring (bicyclic) bond motifs is 1. The monoisotopic (exact) mass is 248 g/mol. The van der Waals surface area contributed by atoms with Crippen LogP contribution in [0.4, 0.5) is 0 Å². The van der Waals surface area contributed by atoms with Crippen molar-refractivity contribution in [3.63, 3.8) is 0 Å². The fourth-order valence-electron chi connectivity index (χ4n) is 2.32. The molecular formula is C16H12N2O. The van der Waals surface area contributed by atoms with Crippen molar-refractivity contribution in [2.45, 2.75) is 6.92 Å². The Labute approximate surface area is 111 Å². The van der Waals surface area contributed by atoms with Crippen molar-refractivity contribution < 1.29 is 4.79 Å². The van der Waals surface area contributed by atoms with Gasteiger partial charge >= 0.3 is 0 Å². The molecule has 0 saturated heterocycles. The largest absolute Gasteiger partial charge is 0.298 e. The molecule has 0 atom stereocenters. The molecule has 0 aliphatic carbocycles. The first-order valence-electron chi connectivity index (χ1n) is 6.04. The predicted molar refractivity (Wildman–Crippen MR) is 75.1 cm³/mol. The van der Waals surface area contributed by atoms with E-state index in [4.69, 9.17) is 0 Å². The molecule has 0 amide bonds. The molecule has 0 bridgehead atoms. The van der Waals surface area contributed by atoms with Gasteiger partial charge in [0.05, 0.1) is 5.52 Å². The summed E-state index contributed by atoms with van der Waals surface area (Å²) in [5.74, 6) is 0. The van der Waals surface area contributed by atoms with Crippen LogP contribution >= 0.6 is 0 Å². The molecular weight excluding hydrogens is 236 g/mol. The number of benzene rings is 2. The van der Waals surface area contributed by atoms with E-state index in [0.717, 1.165) is 33.9 Å². The number of hydrogen-bond donors (Lipinski definition) is 0. The summed E-state index contributed by atoms with van der Waals surface area (Å²) in [6.45, 7) is 2.01. The fraction of sp³-hybridized carbons (Fsp3) is 0.0625. The lowest BCUT2D eigenvalue weighted by Crippen LogP contribution is -1.91. The number of aldehydes is 1. The second-order valence-electron chi connectivity index (χ2n) is 4.45. The Kier molecular flexibility index (Phi) is 2.80. The topological polar surface area (TPSA) is 42.9 Å². The van der Waals surface area contributed by atoms with E-state index in [1.54, 1.807) is 6.20 Å². The summed E-state index contributed by atoms with van der Waals surface area (Å²) in [5.41, 5.74) is 4.68. The third kappa shape index (κ3) is 1.99. The van der Waals surface area contributed by atoms with Crippen molar-refractivity contribution >= 4 is 17.2 Å². The molecule has 3 nitrogen and oxygen atoms in total. The molecule has 0 saturated carbocycles. The first kappa shape index (κ1) is 11.5. The van der Waals surface area contributed by atoms with Crippen molar-refractivity contribution in [1.29, 1.82) is 0 Å². The van der Waals surface area contributed by atoms with Crippen LogP contribution in [-0.4, -0.2) is 16.3 Å². The van der Waals surface area contributed by atoms with Gasteiger partial charge in [-0.3, -0.25) is 4.79 Å². The molecule has 0 fully saturated rings. The molecule has 1 aromatic heterocycles. The Morgan fingerprint density at radius 2 is 2.05 bits per heavy atom. The van der Waals surface area contributed by atoms with E-state index in [9.17, 15) is 4.79 Å². The number of nitrogens with zero attached hydrogens (tertiary/aromatic N) is 2. The minimum absolute atomic E-state index is 0.705. The molecule has 0 aliphatic rings. The van der Waals surface area contributed by atoms with Gasteiger partial charge in [-0.15, -0.1) is 0 Å². The molecule has 1 heterocycles. The van der Waals surface area contributed by atoms with Crippen LogP contribution in [0.25, 0.3) is 22.0 Å². The first-order chi connectivity index (χ1) is 9.29. The van der Waals surface area contributed by atoms with E-state index in [1.807, 2.05) is 43.3 Å². The Hall–Kier alpha value is -2.55. The molecule has 92 valence electrons. The van der Waals surface area contributed by atoms with Gasteiger partial charge in [0, 0.05) is 17.1 Å². The van der Waals surface area contributed by atoms with Crippen molar-refractivity contribution in [2.24, 2.45) is 0 Å². The van der Waals surface area contributed by atoms with Crippen molar-refractivity contribution in [3.8, 4) is 11.1 Å². The predicted octanol–water partition coefficient (Wildman–Crippen LogP) is 3.42. The van der Waals surface area contributed by atoms with Crippen LogP contribution in [0, 0.1) is 6.92 Å². The zero-order valence-electron chi connectivity index (χ0n) is 10.5. The number of aromatic nitrogens is 2. The highest BCUT2D eigenvalue weighted by atomic mass is 16.1. The third-order valence-electron chi connectivity index (χ3n) is 3.23. The number of carbonyl (C=O) groups excluding carboxylic acids is 1. The summed E-state index contributed by atoms with van der Waals surface area (Å²) >= 11 is 0. The van der Waals surface area contributed by atoms with Gasteiger partial charge < -0.3 is 0 Å². The highest BCUT2D eigenvalue weighted by Gasteiger charge is 2.08. The maximum Gasteiger partial charge on any atom is 0.150 e.